The fraction of sp³-hybridized carbons (Fsp3) is 0.353. The second kappa shape index (κ2) is 7.09. The average molecular weight is 287 g/mol. The van der Waals surface area contributed by atoms with Crippen LogP contribution in [0, 0.1) is 6.92 Å². The maximum atomic E-state index is 11.5. The van der Waals surface area contributed by atoms with Gasteiger partial charge in [0, 0.05) is 6.54 Å². The van der Waals surface area contributed by atoms with Gasteiger partial charge < -0.3 is 14.5 Å². The first-order valence-corrected chi connectivity index (χ1v) is 7.11. The van der Waals surface area contributed by atoms with E-state index >= 15 is 0 Å². The first-order chi connectivity index (χ1) is 10.1. The zero-order chi connectivity index (χ0) is 15.2. The third-order valence-electron chi connectivity index (χ3n) is 3.41. The molecule has 2 aromatic rings. The van der Waals surface area contributed by atoms with E-state index in [0.717, 1.165) is 23.5 Å². The average Bonchev–Trinajstić information content (AvgIpc) is 2.94. The second-order valence-electron chi connectivity index (χ2n) is 4.98. The molecule has 0 bridgehead atoms. The smallest absolute Gasteiger partial charge is 0.337 e. The van der Waals surface area contributed by atoms with Crippen molar-refractivity contribution in [3.8, 4) is 0 Å². The number of aryl methyl sites for hydroxylation is 1. The van der Waals surface area contributed by atoms with E-state index in [1.807, 2.05) is 37.3 Å². The highest BCUT2D eigenvalue weighted by molar-refractivity contribution is 5.89. The Labute approximate surface area is 125 Å². The van der Waals surface area contributed by atoms with Crippen molar-refractivity contribution in [3.63, 3.8) is 0 Å². The fourth-order valence-electron chi connectivity index (χ4n) is 2.25. The van der Waals surface area contributed by atoms with Crippen LogP contribution < -0.4 is 5.32 Å². The predicted molar refractivity (Wildman–Crippen MR) is 81.1 cm³/mol. The van der Waals surface area contributed by atoms with Crippen LogP contribution in [0.25, 0.3) is 0 Å². The minimum absolute atomic E-state index is 0.167. The molecule has 2 rings (SSSR count). The molecular formula is C17H21NO3. The number of furan rings is 1. The topological polar surface area (TPSA) is 51.5 Å². The van der Waals surface area contributed by atoms with E-state index in [0.29, 0.717) is 12.1 Å². The highest BCUT2D eigenvalue weighted by Crippen LogP contribution is 2.20. The van der Waals surface area contributed by atoms with E-state index in [2.05, 4.69) is 12.2 Å². The molecule has 1 heterocycles. The molecule has 4 nitrogen and oxygen atoms in total. The van der Waals surface area contributed by atoms with Gasteiger partial charge in [-0.25, -0.2) is 4.79 Å². The molecule has 112 valence electrons. The number of esters is 1. The van der Waals surface area contributed by atoms with Crippen LogP contribution >= 0.6 is 0 Å². The number of carbonyl (C=O) groups is 1. The number of rotatable bonds is 6. The first kappa shape index (κ1) is 15.3. The van der Waals surface area contributed by atoms with Gasteiger partial charge in [-0.05, 0) is 43.2 Å². The number of hydrogen-bond acceptors (Lipinski definition) is 4. The molecule has 1 aromatic heterocycles. The lowest BCUT2D eigenvalue weighted by Crippen LogP contribution is -2.20. The van der Waals surface area contributed by atoms with Gasteiger partial charge in [-0.2, -0.15) is 0 Å². The summed E-state index contributed by atoms with van der Waals surface area (Å²) in [7, 11) is 1.39. The van der Waals surface area contributed by atoms with Crippen LogP contribution in [0.15, 0.2) is 40.8 Å². The van der Waals surface area contributed by atoms with E-state index in [9.17, 15) is 4.79 Å². The van der Waals surface area contributed by atoms with E-state index in [-0.39, 0.29) is 12.0 Å². The zero-order valence-corrected chi connectivity index (χ0v) is 12.7. The number of ether oxygens (including phenoxy) is 1. The van der Waals surface area contributed by atoms with Crippen molar-refractivity contribution in [1.82, 2.24) is 5.32 Å². The molecule has 0 saturated heterocycles. The third-order valence-corrected chi connectivity index (χ3v) is 3.41. The summed E-state index contributed by atoms with van der Waals surface area (Å²) < 4.78 is 10.4. The number of carbonyl (C=O) groups excluding carboxylic acids is 1. The Balaban J connectivity index is 2.03. The second-order valence-corrected chi connectivity index (χ2v) is 4.98. The first-order valence-electron chi connectivity index (χ1n) is 7.11. The third kappa shape index (κ3) is 3.95. The van der Waals surface area contributed by atoms with Gasteiger partial charge in [-0.3, -0.25) is 0 Å². The van der Waals surface area contributed by atoms with E-state index in [4.69, 9.17) is 9.15 Å². The standard InChI is InChI=1S/C17H21NO3/c1-4-15(16-9-8-12(2)21-16)18-11-13-6-5-7-14(10-13)17(19)20-3/h5-10,15,18H,4,11H2,1-3H3/t15-/m1/s1. The van der Waals surface area contributed by atoms with Gasteiger partial charge in [0.1, 0.15) is 11.5 Å². The zero-order valence-electron chi connectivity index (χ0n) is 12.7. The van der Waals surface area contributed by atoms with Gasteiger partial charge >= 0.3 is 5.97 Å². The lowest BCUT2D eigenvalue weighted by atomic mass is 10.1. The minimum Gasteiger partial charge on any atom is -0.465 e. The number of hydrogen-bond donors (Lipinski definition) is 1. The fourth-order valence-corrected chi connectivity index (χ4v) is 2.25. The number of benzene rings is 1. The molecule has 0 radical (unpaired) electrons. The number of nitrogens with one attached hydrogen (secondary N) is 1. The van der Waals surface area contributed by atoms with Crippen LogP contribution in [0.3, 0.4) is 0 Å². The summed E-state index contributed by atoms with van der Waals surface area (Å²) in [5, 5.41) is 3.45. The molecule has 0 unspecified atom stereocenters. The van der Waals surface area contributed by atoms with Crippen LogP contribution in [0.2, 0.25) is 0 Å². The van der Waals surface area contributed by atoms with E-state index < -0.39 is 0 Å². The van der Waals surface area contributed by atoms with Crippen molar-refractivity contribution in [2.24, 2.45) is 0 Å². The van der Waals surface area contributed by atoms with Crippen molar-refractivity contribution >= 4 is 5.97 Å². The summed E-state index contributed by atoms with van der Waals surface area (Å²) in [4.78, 5) is 11.5. The monoisotopic (exact) mass is 287 g/mol. The molecule has 0 saturated carbocycles. The molecule has 4 heteroatoms. The maximum absolute atomic E-state index is 11.5. The molecule has 1 N–H and O–H groups in total. The van der Waals surface area contributed by atoms with Gasteiger partial charge in [0.15, 0.2) is 0 Å². The van der Waals surface area contributed by atoms with Gasteiger partial charge in [0.25, 0.3) is 0 Å². The molecule has 0 aliphatic rings. The highest BCUT2D eigenvalue weighted by atomic mass is 16.5. The maximum Gasteiger partial charge on any atom is 0.337 e. The Bertz CT molecular complexity index is 604. The minimum atomic E-state index is -0.314. The Morgan fingerprint density at radius 2 is 2.14 bits per heavy atom. The predicted octanol–water partition coefficient (Wildman–Crippen LogP) is 3.62. The van der Waals surface area contributed by atoms with Crippen molar-refractivity contribution in [2.45, 2.75) is 32.9 Å². The van der Waals surface area contributed by atoms with Crippen molar-refractivity contribution in [3.05, 3.63) is 59.0 Å². The summed E-state index contributed by atoms with van der Waals surface area (Å²) in [5.41, 5.74) is 1.61. The largest absolute Gasteiger partial charge is 0.465 e. The highest BCUT2D eigenvalue weighted by Gasteiger charge is 2.13. The Morgan fingerprint density at radius 1 is 1.33 bits per heavy atom. The Kier molecular flexibility index (Phi) is 5.17. The molecule has 1 atom stereocenters. The van der Waals surface area contributed by atoms with Crippen LogP contribution in [-0.2, 0) is 11.3 Å². The van der Waals surface area contributed by atoms with Crippen molar-refractivity contribution in [2.75, 3.05) is 7.11 Å². The summed E-state index contributed by atoms with van der Waals surface area (Å²) >= 11 is 0. The summed E-state index contributed by atoms with van der Waals surface area (Å²) in [5.74, 6) is 1.54. The molecule has 0 aliphatic heterocycles. The quantitative estimate of drug-likeness (QED) is 0.824. The van der Waals surface area contributed by atoms with Crippen LogP contribution in [0.1, 0.15) is 46.8 Å². The SMILES string of the molecule is CC[C@@H](NCc1cccc(C(=O)OC)c1)c1ccc(C)o1. The van der Waals surface area contributed by atoms with Crippen molar-refractivity contribution in [1.29, 1.82) is 0 Å². The lowest BCUT2D eigenvalue weighted by Gasteiger charge is -2.15. The molecule has 0 spiro atoms. The summed E-state index contributed by atoms with van der Waals surface area (Å²) in [6, 6.07) is 11.6. The number of methoxy groups -OCH3 is 1. The molecule has 0 fully saturated rings. The molecule has 21 heavy (non-hydrogen) atoms. The molecular weight excluding hydrogens is 266 g/mol. The van der Waals surface area contributed by atoms with Gasteiger partial charge in [-0.1, -0.05) is 19.1 Å². The molecule has 1 aromatic carbocycles. The molecule has 0 amide bonds. The van der Waals surface area contributed by atoms with Crippen LogP contribution in [0.5, 0.6) is 0 Å². The Morgan fingerprint density at radius 3 is 2.76 bits per heavy atom. The van der Waals surface area contributed by atoms with Gasteiger partial charge in [0.2, 0.25) is 0 Å². The molecule has 0 aliphatic carbocycles. The lowest BCUT2D eigenvalue weighted by molar-refractivity contribution is 0.0600. The van der Waals surface area contributed by atoms with Crippen LogP contribution in [0.4, 0.5) is 0 Å². The summed E-state index contributed by atoms with van der Waals surface area (Å²) in [6.45, 7) is 4.72. The normalized spacial score (nSPS) is 12.1. The van der Waals surface area contributed by atoms with Crippen LogP contribution in [-0.4, -0.2) is 13.1 Å². The Hall–Kier alpha value is -2.07. The van der Waals surface area contributed by atoms with Gasteiger partial charge in [0.05, 0.1) is 18.7 Å². The van der Waals surface area contributed by atoms with E-state index in [1.165, 1.54) is 7.11 Å². The van der Waals surface area contributed by atoms with Gasteiger partial charge in [-0.15, -0.1) is 0 Å². The van der Waals surface area contributed by atoms with Crippen molar-refractivity contribution < 1.29 is 13.9 Å². The summed E-state index contributed by atoms with van der Waals surface area (Å²) in [6.07, 6.45) is 0.934. The van der Waals surface area contributed by atoms with E-state index in [1.54, 1.807) is 6.07 Å².